The lowest BCUT2D eigenvalue weighted by Gasteiger charge is -2.48. The SMILES string of the molecule is CCC1(OC)OC[C@@H]1c1ccccc1N. The Kier molecular flexibility index (Phi) is 2.67. The summed E-state index contributed by atoms with van der Waals surface area (Å²) < 4.78 is 11.0. The molecule has 1 unspecified atom stereocenters. The second-order valence-electron chi connectivity index (χ2n) is 3.86. The molecule has 1 saturated heterocycles. The van der Waals surface area contributed by atoms with Gasteiger partial charge >= 0.3 is 0 Å². The van der Waals surface area contributed by atoms with E-state index in [9.17, 15) is 0 Å². The van der Waals surface area contributed by atoms with E-state index in [2.05, 4.69) is 6.92 Å². The third-order valence-electron chi connectivity index (χ3n) is 3.23. The zero-order valence-electron chi connectivity index (χ0n) is 9.19. The quantitative estimate of drug-likeness (QED) is 0.772. The van der Waals surface area contributed by atoms with Crippen molar-refractivity contribution >= 4 is 5.69 Å². The average Bonchev–Trinajstić information content (AvgIpc) is 2.22. The number of nitrogen functional groups attached to an aromatic ring is 1. The van der Waals surface area contributed by atoms with Gasteiger partial charge in [-0.05, 0) is 18.1 Å². The molecular weight excluding hydrogens is 190 g/mol. The van der Waals surface area contributed by atoms with E-state index >= 15 is 0 Å². The monoisotopic (exact) mass is 207 g/mol. The first-order chi connectivity index (χ1) is 7.23. The Morgan fingerprint density at radius 2 is 2.27 bits per heavy atom. The number of methoxy groups -OCH3 is 1. The molecule has 0 saturated carbocycles. The summed E-state index contributed by atoms with van der Waals surface area (Å²) in [5, 5.41) is 0. The van der Waals surface area contributed by atoms with Crippen LogP contribution in [0.3, 0.4) is 0 Å². The Balaban J connectivity index is 2.29. The Morgan fingerprint density at radius 3 is 2.73 bits per heavy atom. The van der Waals surface area contributed by atoms with Crippen LogP contribution < -0.4 is 5.73 Å². The fourth-order valence-corrected chi connectivity index (χ4v) is 2.20. The summed E-state index contributed by atoms with van der Waals surface area (Å²) in [5.41, 5.74) is 7.90. The van der Waals surface area contributed by atoms with E-state index in [4.69, 9.17) is 15.2 Å². The second-order valence-corrected chi connectivity index (χ2v) is 3.86. The molecule has 0 radical (unpaired) electrons. The van der Waals surface area contributed by atoms with Crippen molar-refractivity contribution in [3.8, 4) is 0 Å². The van der Waals surface area contributed by atoms with Crippen LogP contribution in [0.25, 0.3) is 0 Å². The number of rotatable bonds is 3. The molecule has 1 aromatic carbocycles. The second kappa shape index (κ2) is 3.83. The Hall–Kier alpha value is -1.06. The van der Waals surface area contributed by atoms with E-state index in [1.165, 1.54) is 0 Å². The van der Waals surface area contributed by atoms with Gasteiger partial charge in [0, 0.05) is 12.8 Å². The van der Waals surface area contributed by atoms with Crippen LogP contribution in [-0.2, 0) is 9.47 Å². The van der Waals surface area contributed by atoms with Crippen LogP contribution in [-0.4, -0.2) is 19.5 Å². The van der Waals surface area contributed by atoms with Gasteiger partial charge in [-0.2, -0.15) is 0 Å². The minimum atomic E-state index is -0.463. The van der Waals surface area contributed by atoms with Gasteiger partial charge in [0.15, 0.2) is 5.79 Å². The molecule has 1 aliphatic rings. The van der Waals surface area contributed by atoms with Crippen molar-refractivity contribution in [2.45, 2.75) is 25.0 Å². The first-order valence-electron chi connectivity index (χ1n) is 5.27. The molecule has 0 aliphatic carbocycles. The summed E-state index contributed by atoms with van der Waals surface area (Å²) in [5.74, 6) is -0.205. The van der Waals surface area contributed by atoms with E-state index in [1.54, 1.807) is 7.11 Å². The van der Waals surface area contributed by atoms with Gasteiger partial charge in [0.1, 0.15) is 0 Å². The van der Waals surface area contributed by atoms with Crippen molar-refractivity contribution in [2.75, 3.05) is 19.5 Å². The summed E-state index contributed by atoms with van der Waals surface area (Å²) in [6.45, 7) is 2.75. The summed E-state index contributed by atoms with van der Waals surface area (Å²) in [6, 6.07) is 7.91. The molecule has 2 atom stereocenters. The standard InChI is InChI=1S/C12H17NO2/c1-3-12(14-2)10(8-15-12)9-6-4-5-7-11(9)13/h4-7,10H,3,8,13H2,1-2H3/t10-,12?/m1/s1. The zero-order valence-corrected chi connectivity index (χ0v) is 9.19. The van der Waals surface area contributed by atoms with Crippen molar-refractivity contribution < 1.29 is 9.47 Å². The van der Waals surface area contributed by atoms with Crippen LogP contribution in [0.1, 0.15) is 24.8 Å². The Morgan fingerprint density at radius 1 is 1.53 bits per heavy atom. The number of anilines is 1. The van der Waals surface area contributed by atoms with Crippen LogP contribution in [0.15, 0.2) is 24.3 Å². The maximum absolute atomic E-state index is 5.95. The van der Waals surface area contributed by atoms with Crippen LogP contribution in [0.4, 0.5) is 5.69 Å². The van der Waals surface area contributed by atoms with Gasteiger partial charge in [0.2, 0.25) is 0 Å². The van der Waals surface area contributed by atoms with Gasteiger partial charge in [0.25, 0.3) is 0 Å². The molecule has 1 aliphatic heterocycles. The molecule has 3 heteroatoms. The lowest BCUT2D eigenvalue weighted by Crippen LogP contribution is -2.52. The molecule has 15 heavy (non-hydrogen) atoms. The molecule has 2 rings (SSSR count). The molecule has 3 nitrogen and oxygen atoms in total. The molecule has 1 fully saturated rings. The van der Waals surface area contributed by atoms with Crippen molar-refractivity contribution in [1.29, 1.82) is 0 Å². The minimum Gasteiger partial charge on any atom is -0.398 e. The topological polar surface area (TPSA) is 44.5 Å². The molecule has 0 spiro atoms. The summed E-state index contributed by atoms with van der Waals surface area (Å²) in [6.07, 6.45) is 0.836. The molecule has 1 aromatic rings. The predicted molar refractivity (Wildman–Crippen MR) is 59.6 cm³/mol. The number of hydrogen-bond acceptors (Lipinski definition) is 3. The van der Waals surface area contributed by atoms with Gasteiger partial charge in [0.05, 0.1) is 12.5 Å². The highest BCUT2D eigenvalue weighted by Crippen LogP contribution is 2.45. The molecule has 2 N–H and O–H groups in total. The van der Waals surface area contributed by atoms with E-state index in [1.807, 2.05) is 24.3 Å². The van der Waals surface area contributed by atoms with E-state index in [0.717, 1.165) is 17.7 Å². The van der Waals surface area contributed by atoms with Crippen LogP contribution in [0, 0.1) is 0 Å². The number of benzene rings is 1. The fourth-order valence-electron chi connectivity index (χ4n) is 2.20. The van der Waals surface area contributed by atoms with Crippen LogP contribution in [0.5, 0.6) is 0 Å². The molecule has 0 aromatic heterocycles. The molecule has 1 heterocycles. The Labute approximate surface area is 90.2 Å². The number of para-hydroxylation sites is 1. The van der Waals surface area contributed by atoms with Gasteiger partial charge in [-0.15, -0.1) is 0 Å². The summed E-state index contributed by atoms with van der Waals surface area (Å²) in [4.78, 5) is 0. The highest BCUT2D eigenvalue weighted by atomic mass is 16.7. The maximum atomic E-state index is 5.95. The first-order valence-corrected chi connectivity index (χ1v) is 5.27. The maximum Gasteiger partial charge on any atom is 0.176 e. The van der Waals surface area contributed by atoms with E-state index < -0.39 is 5.79 Å². The number of hydrogen-bond donors (Lipinski definition) is 1. The molecule has 0 bridgehead atoms. The number of ether oxygens (including phenoxy) is 2. The zero-order chi connectivity index (χ0) is 10.9. The molecular formula is C12H17NO2. The lowest BCUT2D eigenvalue weighted by molar-refractivity contribution is -0.314. The van der Waals surface area contributed by atoms with Crippen molar-refractivity contribution in [1.82, 2.24) is 0 Å². The summed E-state index contributed by atoms with van der Waals surface area (Å²) in [7, 11) is 1.69. The number of nitrogens with two attached hydrogens (primary N) is 1. The van der Waals surface area contributed by atoms with Crippen LogP contribution >= 0.6 is 0 Å². The predicted octanol–water partition coefficient (Wildman–Crippen LogP) is 2.14. The third kappa shape index (κ3) is 1.52. The fraction of sp³-hybridized carbons (Fsp3) is 0.500. The Bertz CT molecular complexity index is 342. The largest absolute Gasteiger partial charge is 0.398 e. The third-order valence-corrected chi connectivity index (χ3v) is 3.23. The van der Waals surface area contributed by atoms with E-state index in [0.29, 0.717) is 6.61 Å². The highest BCUT2D eigenvalue weighted by Gasteiger charge is 2.48. The van der Waals surface area contributed by atoms with Crippen LogP contribution in [0.2, 0.25) is 0 Å². The molecule has 82 valence electrons. The van der Waals surface area contributed by atoms with Gasteiger partial charge < -0.3 is 15.2 Å². The summed E-state index contributed by atoms with van der Waals surface area (Å²) >= 11 is 0. The minimum absolute atomic E-state index is 0.258. The lowest BCUT2D eigenvalue weighted by atomic mass is 9.84. The normalized spacial score (nSPS) is 29.9. The average molecular weight is 207 g/mol. The highest BCUT2D eigenvalue weighted by molar-refractivity contribution is 5.50. The van der Waals surface area contributed by atoms with Gasteiger partial charge in [-0.3, -0.25) is 0 Å². The van der Waals surface area contributed by atoms with Crippen molar-refractivity contribution in [3.05, 3.63) is 29.8 Å². The first kappa shape index (κ1) is 10.5. The van der Waals surface area contributed by atoms with Crippen molar-refractivity contribution in [3.63, 3.8) is 0 Å². The molecule has 0 amide bonds. The van der Waals surface area contributed by atoms with Crippen molar-refractivity contribution in [2.24, 2.45) is 0 Å². The smallest absolute Gasteiger partial charge is 0.176 e. The van der Waals surface area contributed by atoms with Gasteiger partial charge in [-0.1, -0.05) is 25.1 Å². The van der Waals surface area contributed by atoms with Gasteiger partial charge in [-0.25, -0.2) is 0 Å². The van der Waals surface area contributed by atoms with E-state index in [-0.39, 0.29) is 5.92 Å².